The second-order valence-corrected chi connectivity index (χ2v) is 6.38. The predicted octanol–water partition coefficient (Wildman–Crippen LogP) is 2.33. The molecule has 1 aliphatic carbocycles. The van der Waals surface area contributed by atoms with E-state index in [1.54, 1.807) is 0 Å². The summed E-state index contributed by atoms with van der Waals surface area (Å²) in [6.07, 6.45) is 4.83. The molecule has 3 nitrogen and oxygen atoms in total. The average Bonchev–Trinajstić information content (AvgIpc) is 2.25. The molecule has 0 bridgehead atoms. The van der Waals surface area contributed by atoms with Gasteiger partial charge in [0.25, 0.3) is 0 Å². The lowest BCUT2D eigenvalue weighted by Crippen LogP contribution is -2.40. The van der Waals surface area contributed by atoms with Crippen molar-refractivity contribution in [3.05, 3.63) is 0 Å². The third-order valence-electron chi connectivity index (χ3n) is 3.60. The average molecular weight is 243 g/mol. The van der Waals surface area contributed by atoms with E-state index in [4.69, 9.17) is 4.74 Å². The van der Waals surface area contributed by atoms with E-state index in [0.29, 0.717) is 24.6 Å². The van der Waals surface area contributed by atoms with Crippen LogP contribution in [0.25, 0.3) is 0 Å². The van der Waals surface area contributed by atoms with Gasteiger partial charge >= 0.3 is 0 Å². The third kappa shape index (κ3) is 6.39. The van der Waals surface area contributed by atoms with Crippen molar-refractivity contribution in [2.24, 2.45) is 5.41 Å². The SMILES string of the molecule is CC(C)OCC(O)CNC1CCC(C)(C)CC1. The van der Waals surface area contributed by atoms with E-state index in [1.165, 1.54) is 25.7 Å². The van der Waals surface area contributed by atoms with Crippen LogP contribution in [0, 0.1) is 5.41 Å². The van der Waals surface area contributed by atoms with E-state index in [2.05, 4.69) is 19.2 Å². The molecule has 1 rings (SSSR count). The number of nitrogens with one attached hydrogen (secondary N) is 1. The minimum Gasteiger partial charge on any atom is -0.389 e. The van der Waals surface area contributed by atoms with Crippen molar-refractivity contribution in [1.82, 2.24) is 5.32 Å². The molecule has 0 spiro atoms. The Labute approximate surface area is 106 Å². The van der Waals surface area contributed by atoms with Crippen molar-refractivity contribution in [2.45, 2.75) is 71.6 Å². The van der Waals surface area contributed by atoms with E-state index >= 15 is 0 Å². The van der Waals surface area contributed by atoms with Crippen molar-refractivity contribution in [3.8, 4) is 0 Å². The predicted molar refractivity (Wildman–Crippen MR) is 71.1 cm³/mol. The van der Waals surface area contributed by atoms with Gasteiger partial charge in [0.15, 0.2) is 0 Å². The van der Waals surface area contributed by atoms with Gasteiger partial charge in [-0.25, -0.2) is 0 Å². The van der Waals surface area contributed by atoms with Gasteiger partial charge in [0.05, 0.1) is 18.8 Å². The third-order valence-corrected chi connectivity index (χ3v) is 3.60. The standard InChI is InChI=1S/C14H29NO2/c1-11(2)17-10-13(16)9-15-12-5-7-14(3,4)8-6-12/h11-13,15-16H,5-10H2,1-4H3. The zero-order valence-corrected chi connectivity index (χ0v) is 11.8. The molecule has 1 saturated carbocycles. The molecule has 0 saturated heterocycles. The molecule has 0 radical (unpaired) electrons. The van der Waals surface area contributed by atoms with Crippen LogP contribution in [0.1, 0.15) is 53.4 Å². The van der Waals surface area contributed by atoms with Crippen LogP contribution in [-0.2, 0) is 4.74 Å². The van der Waals surface area contributed by atoms with Crippen LogP contribution in [0.2, 0.25) is 0 Å². The van der Waals surface area contributed by atoms with E-state index in [9.17, 15) is 5.11 Å². The molecular formula is C14H29NO2. The quantitative estimate of drug-likeness (QED) is 0.752. The summed E-state index contributed by atoms with van der Waals surface area (Å²) >= 11 is 0. The van der Waals surface area contributed by atoms with Crippen molar-refractivity contribution < 1.29 is 9.84 Å². The fourth-order valence-electron chi connectivity index (χ4n) is 2.27. The maximum Gasteiger partial charge on any atom is 0.0897 e. The number of rotatable bonds is 6. The Morgan fingerprint density at radius 2 is 1.88 bits per heavy atom. The van der Waals surface area contributed by atoms with E-state index in [-0.39, 0.29) is 12.2 Å². The van der Waals surface area contributed by atoms with Crippen LogP contribution in [0.4, 0.5) is 0 Å². The number of aliphatic hydroxyl groups is 1. The highest BCUT2D eigenvalue weighted by atomic mass is 16.5. The van der Waals surface area contributed by atoms with Crippen molar-refractivity contribution >= 4 is 0 Å². The summed E-state index contributed by atoms with van der Waals surface area (Å²) in [6, 6.07) is 0.580. The number of hydrogen-bond donors (Lipinski definition) is 2. The van der Waals surface area contributed by atoms with Gasteiger partial charge in [-0.3, -0.25) is 0 Å². The lowest BCUT2D eigenvalue weighted by molar-refractivity contribution is 0.00454. The van der Waals surface area contributed by atoms with Crippen LogP contribution < -0.4 is 5.32 Å². The highest BCUT2D eigenvalue weighted by Gasteiger charge is 2.26. The molecule has 0 heterocycles. The van der Waals surface area contributed by atoms with E-state index < -0.39 is 0 Å². The summed E-state index contributed by atoms with van der Waals surface area (Å²) < 4.78 is 5.39. The Bertz CT molecular complexity index is 206. The zero-order chi connectivity index (χ0) is 12.9. The fraction of sp³-hybridized carbons (Fsp3) is 1.00. The normalized spacial score (nSPS) is 22.9. The monoisotopic (exact) mass is 243 g/mol. The zero-order valence-electron chi connectivity index (χ0n) is 11.8. The van der Waals surface area contributed by atoms with Gasteiger partial charge in [-0.1, -0.05) is 13.8 Å². The first-order chi connectivity index (χ1) is 7.89. The van der Waals surface area contributed by atoms with Gasteiger partial charge in [-0.2, -0.15) is 0 Å². The molecular weight excluding hydrogens is 214 g/mol. The van der Waals surface area contributed by atoms with E-state index in [1.807, 2.05) is 13.8 Å². The minimum absolute atomic E-state index is 0.195. The highest BCUT2D eigenvalue weighted by molar-refractivity contribution is 4.82. The Kier molecular flexibility index (Phi) is 5.90. The molecule has 1 unspecified atom stereocenters. The smallest absolute Gasteiger partial charge is 0.0897 e. The Balaban J connectivity index is 2.10. The van der Waals surface area contributed by atoms with Crippen molar-refractivity contribution in [2.75, 3.05) is 13.2 Å². The van der Waals surface area contributed by atoms with Gasteiger partial charge in [0, 0.05) is 12.6 Å². The maximum absolute atomic E-state index is 9.74. The summed E-state index contributed by atoms with van der Waals surface area (Å²) in [5.74, 6) is 0. The first-order valence-electron chi connectivity index (χ1n) is 6.92. The molecule has 1 aliphatic rings. The van der Waals surface area contributed by atoms with Gasteiger partial charge in [-0.15, -0.1) is 0 Å². The molecule has 102 valence electrons. The van der Waals surface area contributed by atoms with E-state index in [0.717, 1.165) is 0 Å². The van der Waals surface area contributed by atoms with Crippen LogP contribution >= 0.6 is 0 Å². The topological polar surface area (TPSA) is 41.5 Å². The summed E-state index contributed by atoms with van der Waals surface area (Å²) in [5.41, 5.74) is 0.511. The molecule has 1 fully saturated rings. The van der Waals surface area contributed by atoms with Crippen LogP contribution in [0.5, 0.6) is 0 Å². The summed E-state index contributed by atoms with van der Waals surface area (Å²) in [7, 11) is 0. The Hall–Kier alpha value is -0.120. The fourth-order valence-corrected chi connectivity index (χ4v) is 2.27. The van der Waals surface area contributed by atoms with Crippen molar-refractivity contribution in [1.29, 1.82) is 0 Å². The molecule has 0 aromatic rings. The van der Waals surface area contributed by atoms with Crippen LogP contribution in [0.3, 0.4) is 0 Å². The molecule has 17 heavy (non-hydrogen) atoms. The molecule has 1 atom stereocenters. The lowest BCUT2D eigenvalue weighted by atomic mass is 9.75. The van der Waals surface area contributed by atoms with Crippen LogP contribution in [-0.4, -0.2) is 36.5 Å². The van der Waals surface area contributed by atoms with Gasteiger partial charge < -0.3 is 15.2 Å². The molecule has 0 amide bonds. The lowest BCUT2D eigenvalue weighted by Gasteiger charge is -2.35. The maximum atomic E-state index is 9.74. The Morgan fingerprint density at radius 3 is 2.41 bits per heavy atom. The highest BCUT2D eigenvalue weighted by Crippen LogP contribution is 2.34. The first kappa shape index (κ1) is 14.9. The molecule has 0 aliphatic heterocycles. The Morgan fingerprint density at radius 1 is 1.29 bits per heavy atom. The second kappa shape index (κ2) is 6.72. The number of ether oxygens (including phenoxy) is 1. The van der Waals surface area contributed by atoms with Crippen molar-refractivity contribution in [3.63, 3.8) is 0 Å². The number of hydrogen-bond acceptors (Lipinski definition) is 3. The molecule has 3 heteroatoms. The second-order valence-electron chi connectivity index (χ2n) is 6.38. The minimum atomic E-state index is -0.382. The summed E-state index contributed by atoms with van der Waals surface area (Å²) in [5, 5.41) is 13.2. The van der Waals surface area contributed by atoms with Gasteiger partial charge in [-0.05, 0) is 44.9 Å². The first-order valence-corrected chi connectivity index (χ1v) is 6.92. The summed E-state index contributed by atoms with van der Waals surface area (Å²) in [6.45, 7) is 9.75. The largest absolute Gasteiger partial charge is 0.389 e. The van der Waals surface area contributed by atoms with Crippen LogP contribution in [0.15, 0.2) is 0 Å². The van der Waals surface area contributed by atoms with Gasteiger partial charge in [0.2, 0.25) is 0 Å². The molecule has 0 aromatic heterocycles. The summed E-state index contributed by atoms with van der Waals surface area (Å²) in [4.78, 5) is 0. The van der Waals surface area contributed by atoms with Gasteiger partial charge in [0.1, 0.15) is 0 Å². The molecule has 0 aromatic carbocycles. The molecule has 2 N–H and O–H groups in total. The number of aliphatic hydroxyl groups excluding tert-OH is 1.